The monoisotopic (exact) mass is 370 g/mol. The second-order valence-corrected chi connectivity index (χ2v) is 7.58. The van der Waals surface area contributed by atoms with E-state index in [-0.39, 0.29) is 17.1 Å². The van der Waals surface area contributed by atoms with Gasteiger partial charge in [0.05, 0.1) is 16.6 Å². The minimum absolute atomic E-state index is 0.0278. The van der Waals surface area contributed by atoms with E-state index in [0.717, 1.165) is 24.0 Å². The lowest BCUT2D eigenvalue weighted by Gasteiger charge is -2.34. The molecule has 0 saturated carbocycles. The molecule has 1 aromatic rings. The van der Waals surface area contributed by atoms with Crippen molar-refractivity contribution >= 4 is 22.0 Å². The number of nitrogens with zero attached hydrogens (tertiary/aromatic N) is 2. The third-order valence-electron chi connectivity index (χ3n) is 4.07. The Morgan fingerprint density at radius 3 is 2.61 bits per heavy atom. The average molecular weight is 371 g/mol. The van der Waals surface area contributed by atoms with E-state index in [1.807, 2.05) is 24.3 Å². The first kappa shape index (κ1) is 17.3. The zero-order valence-corrected chi connectivity index (χ0v) is 14.8. The van der Waals surface area contributed by atoms with Gasteiger partial charge >= 0.3 is 0 Å². The highest BCUT2D eigenvalue weighted by Gasteiger charge is 2.32. The van der Waals surface area contributed by atoms with Crippen molar-refractivity contribution in [2.24, 2.45) is 17.3 Å². The molecule has 4 heteroatoms. The van der Waals surface area contributed by atoms with Crippen molar-refractivity contribution in [3.8, 4) is 17.9 Å². The molecule has 0 saturated heterocycles. The maximum atomic E-state index is 9.54. The molecule has 0 amide bonds. The van der Waals surface area contributed by atoms with E-state index in [0.29, 0.717) is 4.47 Å². The van der Waals surface area contributed by atoms with Crippen LogP contribution in [0.15, 0.2) is 40.4 Å². The third kappa shape index (κ3) is 4.47. The Kier molecular flexibility index (Phi) is 5.29. The summed E-state index contributed by atoms with van der Waals surface area (Å²) in [5, 5.41) is 27.8. The molecular weight excluding hydrogens is 352 g/mol. The normalized spacial score (nSPS) is 20.1. The molecule has 118 valence electrons. The Bertz CT molecular complexity index is 721. The van der Waals surface area contributed by atoms with Gasteiger partial charge < -0.3 is 5.11 Å². The SMILES string of the molecule is CC1(C)CC(/C=C/c2ccc(O)c(Br)c2)=CC(C(C#N)C#N)C1. The van der Waals surface area contributed by atoms with E-state index in [9.17, 15) is 5.11 Å². The first-order chi connectivity index (χ1) is 10.8. The van der Waals surface area contributed by atoms with Crippen LogP contribution in [0.4, 0.5) is 0 Å². The topological polar surface area (TPSA) is 67.8 Å². The van der Waals surface area contributed by atoms with Crippen LogP contribution in [-0.4, -0.2) is 5.11 Å². The molecule has 1 atom stereocenters. The van der Waals surface area contributed by atoms with Crippen molar-refractivity contribution in [2.75, 3.05) is 0 Å². The van der Waals surface area contributed by atoms with Crippen LogP contribution in [0.2, 0.25) is 0 Å². The maximum absolute atomic E-state index is 9.54. The largest absolute Gasteiger partial charge is 0.507 e. The lowest BCUT2D eigenvalue weighted by atomic mass is 9.69. The smallest absolute Gasteiger partial charge is 0.139 e. The van der Waals surface area contributed by atoms with E-state index in [1.165, 1.54) is 0 Å². The number of phenolic OH excluding ortho intramolecular Hbond substituents is 1. The number of hydrogen-bond acceptors (Lipinski definition) is 3. The summed E-state index contributed by atoms with van der Waals surface area (Å²) < 4.78 is 0.657. The lowest BCUT2D eigenvalue weighted by molar-refractivity contribution is 0.260. The minimum atomic E-state index is -0.596. The number of benzene rings is 1. The fourth-order valence-corrected chi connectivity index (χ4v) is 3.43. The Labute approximate surface area is 145 Å². The van der Waals surface area contributed by atoms with Crippen LogP contribution < -0.4 is 0 Å². The maximum Gasteiger partial charge on any atom is 0.139 e. The number of phenols is 1. The Morgan fingerprint density at radius 2 is 2.00 bits per heavy atom. The number of halogens is 1. The Hall–Kier alpha value is -2.04. The highest BCUT2D eigenvalue weighted by atomic mass is 79.9. The minimum Gasteiger partial charge on any atom is -0.507 e. The van der Waals surface area contributed by atoms with Crippen molar-refractivity contribution < 1.29 is 5.11 Å². The zero-order valence-electron chi connectivity index (χ0n) is 13.3. The van der Waals surface area contributed by atoms with Gasteiger partial charge in [-0.3, -0.25) is 0 Å². The van der Waals surface area contributed by atoms with E-state index in [1.54, 1.807) is 6.07 Å². The summed E-state index contributed by atoms with van der Waals surface area (Å²) in [6, 6.07) is 9.55. The summed E-state index contributed by atoms with van der Waals surface area (Å²) in [5.41, 5.74) is 2.19. The van der Waals surface area contributed by atoms with Crippen molar-refractivity contribution in [2.45, 2.75) is 26.7 Å². The molecule has 1 unspecified atom stereocenters. The van der Waals surface area contributed by atoms with E-state index >= 15 is 0 Å². The van der Waals surface area contributed by atoms with Gasteiger partial charge in [0, 0.05) is 5.92 Å². The molecule has 3 nitrogen and oxygen atoms in total. The third-order valence-corrected chi connectivity index (χ3v) is 4.70. The quantitative estimate of drug-likeness (QED) is 0.795. The van der Waals surface area contributed by atoms with Gasteiger partial charge in [-0.2, -0.15) is 10.5 Å². The van der Waals surface area contributed by atoms with Gasteiger partial charge in [0.25, 0.3) is 0 Å². The molecule has 2 rings (SSSR count). The van der Waals surface area contributed by atoms with Crippen LogP contribution in [0, 0.1) is 39.9 Å². The average Bonchev–Trinajstić information content (AvgIpc) is 2.48. The van der Waals surface area contributed by atoms with Gasteiger partial charge in [-0.25, -0.2) is 0 Å². The second-order valence-electron chi connectivity index (χ2n) is 6.73. The van der Waals surface area contributed by atoms with Gasteiger partial charge in [0.2, 0.25) is 0 Å². The summed E-state index contributed by atoms with van der Waals surface area (Å²) in [4.78, 5) is 0. The van der Waals surface area contributed by atoms with E-state index < -0.39 is 5.92 Å². The molecular formula is C19H19BrN2O. The second kappa shape index (κ2) is 7.02. The summed E-state index contributed by atoms with van der Waals surface area (Å²) in [6.45, 7) is 4.34. The molecule has 23 heavy (non-hydrogen) atoms. The number of rotatable bonds is 3. The zero-order chi connectivity index (χ0) is 17.0. The number of allylic oxidation sites excluding steroid dienone is 3. The summed E-state index contributed by atoms with van der Waals surface area (Å²) in [5.74, 6) is -0.410. The van der Waals surface area contributed by atoms with Gasteiger partial charge in [-0.15, -0.1) is 0 Å². The molecule has 0 fully saturated rings. The van der Waals surface area contributed by atoms with Crippen LogP contribution in [0.5, 0.6) is 5.75 Å². The first-order valence-electron chi connectivity index (χ1n) is 7.51. The fourth-order valence-electron chi connectivity index (χ4n) is 3.03. The molecule has 0 aliphatic heterocycles. The van der Waals surface area contributed by atoms with Crippen LogP contribution in [-0.2, 0) is 0 Å². The molecule has 0 aromatic heterocycles. The summed E-state index contributed by atoms with van der Waals surface area (Å²) >= 11 is 3.31. The van der Waals surface area contributed by atoms with Crippen LogP contribution in [0.3, 0.4) is 0 Å². The molecule has 0 spiro atoms. The molecule has 1 aliphatic rings. The Balaban J connectivity index is 2.26. The molecule has 0 radical (unpaired) electrons. The van der Waals surface area contributed by atoms with Crippen molar-refractivity contribution in [1.82, 2.24) is 0 Å². The van der Waals surface area contributed by atoms with Crippen molar-refractivity contribution in [3.63, 3.8) is 0 Å². The molecule has 0 bridgehead atoms. The van der Waals surface area contributed by atoms with Gasteiger partial charge in [0.1, 0.15) is 11.7 Å². The molecule has 1 N–H and O–H groups in total. The van der Waals surface area contributed by atoms with E-state index in [4.69, 9.17) is 10.5 Å². The van der Waals surface area contributed by atoms with Gasteiger partial charge in [-0.1, -0.05) is 43.7 Å². The highest BCUT2D eigenvalue weighted by Crippen LogP contribution is 2.41. The molecule has 0 heterocycles. The number of hydrogen-bond donors (Lipinski definition) is 1. The molecule has 1 aromatic carbocycles. The van der Waals surface area contributed by atoms with Gasteiger partial charge in [0.15, 0.2) is 0 Å². The van der Waals surface area contributed by atoms with E-state index in [2.05, 4.69) is 48.0 Å². The van der Waals surface area contributed by atoms with Crippen molar-refractivity contribution in [3.05, 3.63) is 46.0 Å². The number of aromatic hydroxyl groups is 1. The summed E-state index contributed by atoms with van der Waals surface area (Å²) in [6.07, 6.45) is 7.86. The number of nitriles is 2. The standard InChI is InChI=1S/C19H19BrN2O/c1-19(2)9-14(7-15(10-19)16(11-21)12-22)4-3-13-5-6-18(23)17(20)8-13/h3-8,15-16,23H,9-10H2,1-2H3/b4-3+. The first-order valence-corrected chi connectivity index (χ1v) is 8.30. The van der Waals surface area contributed by atoms with Crippen LogP contribution >= 0.6 is 15.9 Å². The van der Waals surface area contributed by atoms with Crippen molar-refractivity contribution in [1.29, 1.82) is 10.5 Å². The predicted molar refractivity (Wildman–Crippen MR) is 94.1 cm³/mol. The lowest BCUT2D eigenvalue weighted by Crippen LogP contribution is -2.25. The summed E-state index contributed by atoms with van der Waals surface area (Å²) in [7, 11) is 0. The fraction of sp³-hybridized carbons (Fsp3) is 0.368. The predicted octanol–water partition coefficient (Wildman–Crippen LogP) is 5.19. The molecule has 1 aliphatic carbocycles. The highest BCUT2D eigenvalue weighted by molar-refractivity contribution is 9.10. The van der Waals surface area contributed by atoms with Gasteiger partial charge in [-0.05, 0) is 51.9 Å². The van der Waals surface area contributed by atoms with Crippen LogP contribution in [0.25, 0.3) is 6.08 Å². The van der Waals surface area contributed by atoms with Crippen LogP contribution in [0.1, 0.15) is 32.3 Å². The Morgan fingerprint density at radius 1 is 1.30 bits per heavy atom.